The van der Waals surface area contributed by atoms with E-state index in [0.29, 0.717) is 5.75 Å². The fourth-order valence-electron chi connectivity index (χ4n) is 2.80. The van der Waals surface area contributed by atoms with Crippen molar-refractivity contribution in [2.75, 3.05) is 18.8 Å². The second-order valence-electron chi connectivity index (χ2n) is 5.20. The van der Waals surface area contributed by atoms with Crippen LogP contribution in [0.25, 0.3) is 0 Å². The minimum Gasteiger partial charge on any atom is -0.480 e. The molecule has 0 saturated carbocycles. The number of thioether (sulfide) groups is 1. The molecule has 0 radical (unpaired) electrons. The van der Waals surface area contributed by atoms with Crippen LogP contribution in [-0.4, -0.2) is 52.1 Å². The van der Waals surface area contributed by atoms with Crippen LogP contribution in [0.4, 0.5) is 0 Å². The van der Waals surface area contributed by atoms with E-state index >= 15 is 0 Å². The minimum atomic E-state index is -0.867. The van der Waals surface area contributed by atoms with E-state index in [-0.39, 0.29) is 17.2 Å². The Morgan fingerprint density at radius 2 is 2.05 bits per heavy atom. The van der Waals surface area contributed by atoms with Crippen molar-refractivity contribution in [3.63, 3.8) is 0 Å². The third-order valence-electron chi connectivity index (χ3n) is 3.86. The van der Waals surface area contributed by atoms with Gasteiger partial charge in [0.15, 0.2) is 0 Å². The zero-order valence-electron chi connectivity index (χ0n) is 11.3. The number of piperidine rings is 1. The van der Waals surface area contributed by atoms with Crippen LogP contribution in [0, 0.1) is 5.92 Å². The Balaban J connectivity index is 2.10. The standard InChI is InChI=1S/C13H22N2O3S/c1-2-3-11-15(10(8-19-11)13(17)18)12(16)9-4-6-14-7-5-9/h9-11,14H,2-8H2,1H3,(H,17,18). The van der Waals surface area contributed by atoms with Crippen molar-refractivity contribution < 1.29 is 14.7 Å². The molecule has 2 heterocycles. The van der Waals surface area contributed by atoms with E-state index in [1.165, 1.54) is 0 Å². The summed E-state index contributed by atoms with van der Waals surface area (Å²) in [5.41, 5.74) is 0. The summed E-state index contributed by atoms with van der Waals surface area (Å²) in [6.45, 7) is 3.78. The van der Waals surface area contributed by atoms with Crippen molar-refractivity contribution in [2.24, 2.45) is 5.92 Å². The molecule has 2 unspecified atom stereocenters. The van der Waals surface area contributed by atoms with E-state index in [4.69, 9.17) is 0 Å². The fraction of sp³-hybridized carbons (Fsp3) is 0.846. The second-order valence-corrected chi connectivity index (χ2v) is 6.41. The highest BCUT2D eigenvalue weighted by atomic mass is 32.2. The van der Waals surface area contributed by atoms with Gasteiger partial charge in [-0.15, -0.1) is 11.8 Å². The Morgan fingerprint density at radius 1 is 1.37 bits per heavy atom. The Labute approximate surface area is 118 Å². The van der Waals surface area contributed by atoms with Gasteiger partial charge in [-0.05, 0) is 32.4 Å². The number of aliphatic carboxylic acids is 1. The van der Waals surface area contributed by atoms with E-state index < -0.39 is 12.0 Å². The van der Waals surface area contributed by atoms with E-state index in [1.54, 1.807) is 16.7 Å². The second kappa shape index (κ2) is 6.61. The van der Waals surface area contributed by atoms with Crippen molar-refractivity contribution in [3.05, 3.63) is 0 Å². The SMILES string of the molecule is CCCC1SCC(C(=O)O)N1C(=O)C1CCNCC1. The molecule has 0 spiro atoms. The van der Waals surface area contributed by atoms with Gasteiger partial charge in [0, 0.05) is 11.7 Å². The largest absolute Gasteiger partial charge is 0.480 e. The molecule has 19 heavy (non-hydrogen) atoms. The lowest BCUT2D eigenvalue weighted by molar-refractivity contribution is -0.151. The first-order valence-corrected chi connectivity index (χ1v) is 8.07. The summed E-state index contributed by atoms with van der Waals surface area (Å²) in [6, 6.07) is -0.635. The highest BCUT2D eigenvalue weighted by molar-refractivity contribution is 8.00. The molecule has 0 bridgehead atoms. The first-order valence-electron chi connectivity index (χ1n) is 7.02. The van der Waals surface area contributed by atoms with E-state index in [2.05, 4.69) is 12.2 Å². The number of hydrogen-bond donors (Lipinski definition) is 2. The van der Waals surface area contributed by atoms with Gasteiger partial charge in [0.2, 0.25) is 5.91 Å². The first kappa shape index (κ1) is 14.7. The van der Waals surface area contributed by atoms with Crippen LogP contribution < -0.4 is 5.32 Å². The number of nitrogens with zero attached hydrogens (tertiary/aromatic N) is 1. The molecule has 6 heteroatoms. The van der Waals surface area contributed by atoms with Gasteiger partial charge in [-0.3, -0.25) is 4.79 Å². The number of carboxylic acid groups (broad SMARTS) is 1. The zero-order chi connectivity index (χ0) is 13.8. The Hall–Kier alpha value is -0.750. The molecule has 108 valence electrons. The molecule has 0 aromatic carbocycles. The quantitative estimate of drug-likeness (QED) is 0.811. The van der Waals surface area contributed by atoms with Crippen LogP contribution in [0.5, 0.6) is 0 Å². The molecule has 2 rings (SSSR count). The van der Waals surface area contributed by atoms with Gasteiger partial charge in [-0.1, -0.05) is 13.3 Å². The molecule has 2 N–H and O–H groups in total. The predicted molar refractivity (Wildman–Crippen MR) is 75.0 cm³/mol. The fourth-order valence-corrected chi connectivity index (χ4v) is 4.32. The molecule has 2 saturated heterocycles. The Kier molecular flexibility index (Phi) is 5.10. The molecular formula is C13H22N2O3S. The average Bonchev–Trinajstić information content (AvgIpc) is 2.83. The molecule has 2 aliphatic heterocycles. The Bertz CT molecular complexity index is 345. The summed E-state index contributed by atoms with van der Waals surface area (Å²) >= 11 is 1.61. The van der Waals surface area contributed by atoms with Crippen LogP contribution in [0.2, 0.25) is 0 Å². The number of nitrogens with one attached hydrogen (secondary N) is 1. The van der Waals surface area contributed by atoms with E-state index in [0.717, 1.165) is 38.8 Å². The summed E-state index contributed by atoms with van der Waals surface area (Å²) in [6.07, 6.45) is 3.50. The van der Waals surface area contributed by atoms with Crippen molar-refractivity contribution in [1.29, 1.82) is 0 Å². The van der Waals surface area contributed by atoms with E-state index in [9.17, 15) is 14.7 Å². The van der Waals surface area contributed by atoms with Gasteiger partial charge in [-0.2, -0.15) is 0 Å². The zero-order valence-corrected chi connectivity index (χ0v) is 12.1. The van der Waals surface area contributed by atoms with Crippen LogP contribution in [0.15, 0.2) is 0 Å². The Morgan fingerprint density at radius 3 is 2.63 bits per heavy atom. The highest BCUT2D eigenvalue weighted by Gasteiger charge is 2.43. The summed E-state index contributed by atoms with van der Waals surface area (Å²) in [7, 11) is 0. The number of carbonyl (C=O) groups excluding carboxylic acids is 1. The maximum Gasteiger partial charge on any atom is 0.327 e. The van der Waals surface area contributed by atoms with Crippen molar-refractivity contribution in [2.45, 2.75) is 44.0 Å². The summed E-state index contributed by atoms with van der Waals surface area (Å²) in [5.74, 6) is -0.289. The van der Waals surface area contributed by atoms with Gasteiger partial charge >= 0.3 is 5.97 Å². The number of carboxylic acids is 1. The molecule has 0 aliphatic carbocycles. The smallest absolute Gasteiger partial charge is 0.327 e. The summed E-state index contributed by atoms with van der Waals surface area (Å²) in [5, 5.41) is 12.6. The van der Waals surface area contributed by atoms with Gasteiger partial charge in [0.1, 0.15) is 6.04 Å². The molecular weight excluding hydrogens is 264 g/mol. The van der Waals surface area contributed by atoms with Crippen molar-refractivity contribution in [1.82, 2.24) is 10.2 Å². The molecule has 2 aliphatic rings. The maximum atomic E-state index is 12.6. The van der Waals surface area contributed by atoms with Gasteiger partial charge in [0.25, 0.3) is 0 Å². The predicted octanol–water partition coefficient (Wildman–Crippen LogP) is 1.14. The third kappa shape index (κ3) is 3.23. The normalized spacial score (nSPS) is 28.6. The molecule has 0 aromatic rings. The molecule has 5 nitrogen and oxygen atoms in total. The number of carbonyl (C=O) groups is 2. The number of amides is 1. The lowest BCUT2D eigenvalue weighted by Gasteiger charge is -2.32. The topological polar surface area (TPSA) is 69.6 Å². The van der Waals surface area contributed by atoms with Gasteiger partial charge in [-0.25, -0.2) is 4.79 Å². The van der Waals surface area contributed by atoms with Crippen LogP contribution in [0.3, 0.4) is 0 Å². The molecule has 0 aromatic heterocycles. The highest BCUT2D eigenvalue weighted by Crippen LogP contribution is 2.34. The van der Waals surface area contributed by atoms with Crippen LogP contribution >= 0.6 is 11.8 Å². The maximum absolute atomic E-state index is 12.6. The van der Waals surface area contributed by atoms with Gasteiger partial charge in [0.05, 0.1) is 5.37 Å². The average molecular weight is 286 g/mol. The van der Waals surface area contributed by atoms with E-state index in [1.807, 2.05) is 0 Å². The molecule has 2 atom stereocenters. The number of rotatable bonds is 4. The van der Waals surface area contributed by atoms with Gasteiger partial charge < -0.3 is 15.3 Å². The third-order valence-corrected chi connectivity index (χ3v) is 5.21. The molecule has 1 amide bonds. The van der Waals surface area contributed by atoms with Crippen molar-refractivity contribution in [3.8, 4) is 0 Å². The number of hydrogen-bond acceptors (Lipinski definition) is 4. The monoisotopic (exact) mass is 286 g/mol. The van der Waals surface area contributed by atoms with Crippen molar-refractivity contribution >= 4 is 23.6 Å². The van der Waals surface area contributed by atoms with Crippen LogP contribution in [-0.2, 0) is 9.59 Å². The summed E-state index contributed by atoms with van der Waals surface area (Å²) in [4.78, 5) is 25.6. The lowest BCUT2D eigenvalue weighted by atomic mass is 9.95. The molecule has 2 fully saturated rings. The first-order chi connectivity index (χ1) is 9.15. The minimum absolute atomic E-state index is 0.00107. The van der Waals surface area contributed by atoms with Crippen LogP contribution in [0.1, 0.15) is 32.6 Å². The summed E-state index contributed by atoms with van der Waals surface area (Å²) < 4.78 is 0. The lowest BCUT2D eigenvalue weighted by Crippen LogP contribution is -2.49.